The third-order valence-electron chi connectivity index (χ3n) is 12.2. The van der Waals surface area contributed by atoms with Crippen LogP contribution in [-0.2, 0) is 60.3 Å². The first-order valence-corrected chi connectivity index (χ1v) is 23.7. The predicted molar refractivity (Wildman–Crippen MR) is 231 cm³/mol. The van der Waals surface area contributed by atoms with Crippen LogP contribution in [0.3, 0.4) is 0 Å². The van der Waals surface area contributed by atoms with E-state index in [1.165, 1.54) is 37.7 Å². The minimum absolute atomic E-state index is 0.195. The van der Waals surface area contributed by atoms with Gasteiger partial charge < -0.3 is 0 Å². The van der Waals surface area contributed by atoms with Crippen molar-refractivity contribution >= 4 is 44.7 Å². The Hall–Kier alpha value is -5.50. The van der Waals surface area contributed by atoms with Crippen LogP contribution < -0.4 is 21.9 Å². The molecule has 0 atom stereocenters. The standard InChI is InChI=1S/C32H12BF24.C16H23OS/c34-25(35,36)13-1-14(26(37,38)39)6-21(5-13)33(22-7-15(27(40,41)42)2-16(8-22)28(43,44)45,23-9-17(29(46,47)48)3-18(10-23)30(49,50)51)24-11-19(31(52,53)54)4-20(12-24)32(55,56)57;1-18(2)12-16(17)15-10-8-14(9-11-15)13-6-4-3-5-7-13/h1-12H;8-11,13H,3-7,12H2,1-2H3/q-1;+1. The quantitative estimate of drug-likeness (QED) is 0.0655. The summed E-state index contributed by atoms with van der Waals surface area (Å²) in [5, 5.41) is 0. The predicted octanol–water partition coefficient (Wildman–Crippen LogP) is 15.0. The van der Waals surface area contributed by atoms with Crippen LogP contribution in [0.25, 0.3) is 0 Å². The number of carbonyl (C=O) groups is 1. The van der Waals surface area contributed by atoms with Gasteiger partial charge in [-0.2, -0.15) is 127 Å². The fourth-order valence-electron chi connectivity index (χ4n) is 8.79. The molecule has 0 bridgehead atoms. The second-order valence-electron chi connectivity index (χ2n) is 17.7. The van der Waals surface area contributed by atoms with E-state index in [0.29, 0.717) is 11.5 Å². The maximum atomic E-state index is 14.2. The molecule has 75 heavy (non-hydrogen) atoms. The number of alkyl halides is 24. The van der Waals surface area contributed by atoms with Crippen LogP contribution in [0.5, 0.6) is 0 Å². The molecule has 0 unspecified atom stereocenters. The largest absolute Gasteiger partial charge is 0.416 e. The summed E-state index contributed by atoms with van der Waals surface area (Å²) in [6, 6.07) is -0.410. The van der Waals surface area contributed by atoms with Crippen molar-refractivity contribution in [3.8, 4) is 0 Å². The van der Waals surface area contributed by atoms with E-state index in [0.717, 1.165) is 11.5 Å². The van der Waals surface area contributed by atoms with Crippen LogP contribution in [0.15, 0.2) is 97.1 Å². The summed E-state index contributed by atoms with van der Waals surface area (Å²) in [4.78, 5) is 11.9. The van der Waals surface area contributed by atoms with Crippen molar-refractivity contribution in [3.63, 3.8) is 0 Å². The maximum absolute atomic E-state index is 14.2. The molecular formula is C48H35BF24OS. The molecule has 0 saturated heterocycles. The molecule has 6 rings (SSSR count). The molecule has 1 nitrogen and oxygen atoms in total. The molecule has 0 spiro atoms. The van der Waals surface area contributed by atoms with Crippen LogP contribution >= 0.6 is 0 Å². The molecule has 0 radical (unpaired) electrons. The lowest BCUT2D eigenvalue weighted by atomic mass is 9.12. The number of benzene rings is 5. The van der Waals surface area contributed by atoms with E-state index < -0.39 is 195 Å². The van der Waals surface area contributed by atoms with Gasteiger partial charge >= 0.3 is 49.4 Å². The molecule has 5 aromatic carbocycles. The summed E-state index contributed by atoms with van der Waals surface area (Å²) < 4.78 is 341. The topological polar surface area (TPSA) is 17.1 Å². The maximum Gasteiger partial charge on any atom is 0.416 e. The normalized spacial score (nSPS) is 15.0. The van der Waals surface area contributed by atoms with Gasteiger partial charge in [-0.15, -0.1) is 0 Å². The van der Waals surface area contributed by atoms with Crippen LogP contribution in [0.4, 0.5) is 105 Å². The molecule has 410 valence electrons. The molecule has 5 aromatic rings. The number of Topliss-reactive ketones (excluding diaryl/α,β-unsaturated/α-hetero) is 1. The third kappa shape index (κ3) is 14.5. The first kappa shape index (κ1) is 60.4. The highest BCUT2D eigenvalue weighted by atomic mass is 32.2. The molecule has 1 aliphatic carbocycles. The smallest absolute Gasteiger partial charge is 0.289 e. The molecule has 1 aliphatic rings. The summed E-state index contributed by atoms with van der Waals surface area (Å²) >= 11 is 0. The van der Waals surface area contributed by atoms with Gasteiger partial charge in [0.1, 0.15) is 6.15 Å². The van der Waals surface area contributed by atoms with Gasteiger partial charge in [-0.3, -0.25) is 4.79 Å². The average molecular weight is 1130 g/mol. The van der Waals surface area contributed by atoms with E-state index in [9.17, 15) is 110 Å². The van der Waals surface area contributed by atoms with E-state index in [-0.39, 0.29) is 10.9 Å². The van der Waals surface area contributed by atoms with Crippen molar-refractivity contribution in [2.75, 3.05) is 18.3 Å². The van der Waals surface area contributed by atoms with Crippen LogP contribution in [0, 0.1) is 0 Å². The van der Waals surface area contributed by atoms with Gasteiger partial charge in [-0.05, 0) is 59.5 Å². The number of rotatable bonds is 8. The second kappa shape index (κ2) is 21.1. The van der Waals surface area contributed by atoms with Gasteiger partial charge in [-0.25, -0.2) is 0 Å². The monoisotopic (exact) mass is 1130 g/mol. The van der Waals surface area contributed by atoms with Gasteiger partial charge in [0.05, 0.1) is 57.0 Å². The number of hydrogen-bond donors (Lipinski definition) is 0. The van der Waals surface area contributed by atoms with E-state index in [1.54, 1.807) is 0 Å². The Morgan fingerprint density at radius 3 is 0.813 bits per heavy atom. The lowest BCUT2D eigenvalue weighted by molar-refractivity contribution is -0.144. The van der Waals surface area contributed by atoms with Crippen molar-refractivity contribution in [2.24, 2.45) is 0 Å². The fourth-order valence-corrected chi connectivity index (χ4v) is 9.48. The summed E-state index contributed by atoms with van der Waals surface area (Å²) in [5.74, 6) is 1.70. The van der Waals surface area contributed by atoms with Gasteiger partial charge in [0.2, 0.25) is 5.78 Å². The number of hydrogen-bond acceptors (Lipinski definition) is 1. The van der Waals surface area contributed by atoms with Crippen molar-refractivity contribution in [2.45, 2.75) is 87.4 Å². The Morgan fingerprint density at radius 1 is 0.387 bits per heavy atom. The van der Waals surface area contributed by atoms with Crippen LogP contribution in [0.1, 0.15) is 98.5 Å². The molecule has 0 N–H and O–H groups in total. The fraction of sp³-hybridized carbons (Fsp3) is 0.354. The van der Waals surface area contributed by atoms with E-state index in [1.807, 2.05) is 12.1 Å². The zero-order valence-corrected chi connectivity index (χ0v) is 38.8. The van der Waals surface area contributed by atoms with Crippen molar-refractivity contribution in [3.05, 3.63) is 153 Å². The minimum Gasteiger partial charge on any atom is -0.289 e. The van der Waals surface area contributed by atoms with Gasteiger partial charge in [0.15, 0.2) is 5.75 Å². The lowest BCUT2D eigenvalue weighted by Gasteiger charge is -2.46. The highest BCUT2D eigenvalue weighted by molar-refractivity contribution is 7.96. The van der Waals surface area contributed by atoms with Gasteiger partial charge in [0, 0.05) is 5.56 Å². The summed E-state index contributed by atoms with van der Waals surface area (Å²) in [6.07, 6.45) is -43.8. The Kier molecular flexibility index (Phi) is 17.0. The van der Waals surface area contributed by atoms with Crippen LogP contribution in [0.2, 0.25) is 0 Å². The summed E-state index contributed by atoms with van der Waals surface area (Å²) in [5.41, 5.74) is -27.9. The first-order valence-electron chi connectivity index (χ1n) is 21.5. The zero-order chi connectivity index (χ0) is 56.9. The molecule has 1 fully saturated rings. The van der Waals surface area contributed by atoms with E-state index in [2.05, 4.69) is 24.6 Å². The van der Waals surface area contributed by atoms with Crippen molar-refractivity contribution < 1.29 is 110 Å². The third-order valence-corrected chi connectivity index (χ3v) is 13.0. The average Bonchev–Trinajstić information content (AvgIpc) is 3.27. The van der Waals surface area contributed by atoms with Crippen LogP contribution in [-0.4, -0.2) is 30.2 Å². The van der Waals surface area contributed by atoms with Gasteiger partial charge in [-0.1, -0.05) is 92.1 Å². The molecule has 0 aliphatic heterocycles. The number of ketones is 1. The van der Waals surface area contributed by atoms with Gasteiger partial charge in [0.25, 0.3) is 0 Å². The lowest BCUT2D eigenvalue weighted by Crippen LogP contribution is -2.75. The summed E-state index contributed by atoms with van der Waals surface area (Å²) in [7, 11) is 0.195. The Morgan fingerprint density at radius 2 is 0.613 bits per heavy atom. The molecule has 27 heteroatoms. The zero-order valence-electron chi connectivity index (χ0n) is 38.0. The molecule has 0 aromatic heterocycles. The highest BCUT2D eigenvalue weighted by Gasteiger charge is 2.47. The minimum atomic E-state index is -6.13. The molecular weight excluding hydrogens is 1090 g/mol. The second-order valence-corrected chi connectivity index (χ2v) is 20.0. The van der Waals surface area contributed by atoms with Crippen molar-refractivity contribution in [1.29, 1.82) is 0 Å². The Labute approximate surface area is 412 Å². The van der Waals surface area contributed by atoms with E-state index in [4.69, 9.17) is 0 Å². The number of carbonyl (C=O) groups excluding carboxylic acids is 1. The van der Waals surface area contributed by atoms with Crippen molar-refractivity contribution in [1.82, 2.24) is 0 Å². The first-order chi connectivity index (χ1) is 33.9. The summed E-state index contributed by atoms with van der Waals surface area (Å²) in [6.45, 7) is 0. The Bertz CT molecular complexity index is 2380. The van der Waals surface area contributed by atoms with E-state index >= 15 is 0 Å². The number of halogens is 24. The highest BCUT2D eigenvalue weighted by Crippen LogP contribution is 2.42. The molecule has 0 amide bonds. The molecule has 1 saturated carbocycles. The molecule has 0 heterocycles. The SMILES string of the molecule is C[S+](C)CC(=O)c1ccc(C2CCCCC2)cc1.FC(F)(F)c1cc([B-](c2cc(C(F)(F)F)cc(C(F)(F)F)c2)(c2cc(C(F)(F)F)cc(C(F)(F)F)c2)c2cc(C(F)(F)F)cc(C(F)(F)F)c2)cc(C(F)(F)F)c1. The Balaban J connectivity index is 0.000000483.